The summed E-state index contributed by atoms with van der Waals surface area (Å²) in [5.41, 5.74) is -0.691. The number of ether oxygens (including phenoxy) is 1. The molecule has 4 rings (SSSR count). The third kappa shape index (κ3) is 3.91. The summed E-state index contributed by atoms with van der Waals surface area (Å²) in [6, 6.07) is 14.8. The summed E-state index contributed by atoms with van der Waals surface area (Å²) in [4.78, 5) is 31.9. The van der Waals surface area contributed by atoms with E-state index < -0.39 is 22.7 Å². The molecule has 1 saturated heterocycles. The molecular formula is C22H17F3N2O3. The predicted molar refractivity (Wildman–Crippen MR) is 103 cm³/mol. The molecule has 2 heterocycles. The molecule has 1 fully saturated rings. The second-order valence-electron chi connectivity index (χ2n) is 7.29. The number of hydrogen-bond donors (Lipinski definition) is 1. The van der Waals surface area contributed by atoms with Gasteiger partial charge in [-0.05, 0) is 17.7 Å². The van der Waals surface area contributed by atoms with E-state index in [1.807, 2.05) is 6.07 Å². The predicted octanol–water partition coefficient (Wildman–Crippen LogP) is 4.00. The van der Waals surface area contributed by atoms with Crippen LogP contribution in [0.5, 0.6) is 0 Å². The van der Waals surface area contributed by atoms with E-state index in [1.54, 1.807) is 24.3 Å². The van der Waals surface area contributed by atoms with Crippen molar-refractivity contribution in [2.24, 2.45) is 0 Å². The number of ketones is 1. The van der Waals surface area contributed by atoms with E-state index in [4.69, 9.17) is 4.74 Å². The van der Waals surface area contributed by atoms with E-state index in [0.717, 1.165) is 18.2 Å². The largest absolute Gasteiger partial charge is 0.416 e. The average Bonchev–Trinajstić information content (AvgIpc) is 2.70. The van der Waals surface area contributed by atoms with E-state index >= 15 is 0 Å². The zero-order valence-corrected chi connectivity index (χ0v) is 15.7. The number of aromatic nitrogens is 2. The fraction of sp³-hybridized carbons (Fsp3) is 0.227. The van der Waals surface area contributed by atoms with Crippen LogP contribution in [0.15, 0.2) is 65.5 Å². The molecule has 154 valence electrons. The topological polar surface area (TPSA) is 72.1 Å². The first-order valence-corrected chi connectivity index (χ1v) is 9.22. The first-order valence-electron chi connectivity index (χ1n) is 9.22. The molecule has 0 saturated carbocycles. The molecule has 0 amide bonds. The van der Waals surface area contributed by atoms with Crippen molar-refractivity contribution in [3.8, 4) is 11.4 Å². The maximum Gasteiger partial charge on any atom is 0.416 e. The van der Waals surface area contributed by atoms with Gasteiger partial charge in [0.25, 0.3) is 5.56 Å². The third-order valence-electron chi connectivity index (χ3n) is 5.15. The average molecular weight is 414 g/mol. The zero-order valence-electron chi connectivity index (χ0n) is 15.7. The number of halogens is 3. The van der Waals surface area contributed by atoms with Gasteiger partial charge < -0.3 is 9.72 Å². The highest BCUT2D eigenvalue weighted by Crippen LogP contribution is 2.38. The number of aromatic amines is 1. The van der Waals surface area contributed by atoms with Crippen LogP contribution in [0.4, 0.5) is 13.2 Å². The summed E-state index contributed by atoms with van der Waals surface area (Å²) in [6.45, 7) is 0.414. The highest BCUT2D eigenvalue weighted by atomic mass is 19.4. The van der Waals surface area contributed by atoms with Crippen molar-refractivity contribution in [1.82, 2.24) is 9.97 Å². The van der Waals surface area contributed by atoms with Crippen LogP contribution >= 0.6 is 0 Å². The van der Waals surface area contributed by atoms with Gasteiger partial charge in [0.1, 0.15) is 11.5 Å². The first-order chi connectivity index (χ1) is 14.3. The molecule has 0 atom stereocenters. The van der Waals surface area contributed by atoms with E-state index in [0.29, 0.717) is 11.1 Å². The normalized spacial score (nSPS) is 15.4. The van der Waals surface area contributed by atoms with Gasteiger partial charge in [0.15, 0.2) is 5.78 Å². The molecule has 0 aliphatic carbocycles. The van der Waals surface area contributed by atoms with Crippen LogP contribution in [0, 0.1) is 0 Å². The second kappa shape index (κ2) is 7.53. The van der Waals surface area contributed by atoms with Gasteiger partial charge in [-0.3, -0.25) is 9.59 Å². The molecule has 30 heavy (non-hydrogen) atoms. The zero-order chi connectivity index (χ0) is 21.4. The lowest BCUT2D eigenvalue weighted by atomic mass is 9.74. The molecule has 0 bridgehead atoms. The van der Waals surface area contributed by atoms with Gasteiger partial charge in [0.05, 0.1) is 18.8 Å². The summed E-state index contributed by atoms with van der Waals surface area (Å²) >= 11 is 0. The molecule has 0 spiro atoms. The maximum absolute atomic E-state index is 12.9. The Hall–Kier alpha value is -3.26. The van der Waals surface area contributed by atoms with Gasteiger partial charge in [-0.25, -0.2) is 4.98 Å². The maximum atomic E-state index is 12.9. The Morgan fingerprint density at radius 2 is 1.73 bits per heavy atom. The standard InChI is InChI=1S/C22H17F3N2O3/c23-22(24,25)16-8-6-15(7-9-16)21(12-30-13-21)11-18(28)17-10-19(29)27-20(26-17)14-4-2-1-3-5-14/h1-10H,11-13H2,(H,26,27,29). The molecular weight excluding hydrogens is 397 g/mol. The van der Waals surface area contributed by atoms with Crippen molar-refractivity contribution in [1.29, 1.82) is 0 Å². The smallest absolute Gasteiger partial charge is 0.379 e. The Kier molecular flexibility index (Phi) is 5.03. The number of nitrogens with zero attached hydrogens (tertiary/aromatic N) is 1. The first kappa shape index (κ1) is 20.0. The number of benzene rings is 2. The fourth-order valence-corrected chi connectivity index (χ4v) is 3.46. The van der Waals surface area contributed by atoms with Crippen LogP contribution in [-0.4, -0.2) is 29.0 Å². The number of Topliss-reactive ketones (excluding diaryl/α,β-unsaturated/α-hetero) is 1. The van der Waals surface area contributed by atoms with Crippen molar-refractivity contribution >= 4 is 5.78 Å². The lowest BCUT2D eigenvalue weighted by Crippen LogP contribution is -2.48. The van der Waals surface area contributed by atoms with Gasteiger partial charge in [0, 0.05) is 23.5 Å². The minimum Gasteiger partial charge on any atom is -0.379 e. The molecule has 0 unspecified atom stereocenters. The quantitative estimate of drug-likeness (QED) is 0.641. The van der Waals surface area contributed by atoms with Gasteiger partial charge in [0.2, 0.25) is 0 Å². The molecule has 1 aliphatic heterocycles. The van der Waals surface area contributed by atoms with Gasteiger partial charge >= 0.3 is 6.18 Å². The molecule has 2 aromatic carbocycles. The van der Waals surface area contributed by atoms with E-state index in [2.05, 4.69) is 9.97 Å². The van der Waals surface area contributed by atoms with Gasteiger partial charge in [-0.2, -0.15) is 13.2 Å². The highest BCUT2D eigenvalue weighted by Gasteiger charge is 2.43. The minimum absolute atomic E-state index is 0.00999. The minimum atomic E-state index is -4.43. The van der Waals surface area contributed by atoms with Gasteiger partial charge in [-0.15, -0.1) is 0 Å². The Morgan fingerprint density at radius 1 is 1.07 bits per heavy atom. The Labute approximate surface area is 169 Å². The summed E-state index contributed by atoms with van der Waals surface area (Å²) in [5, 5.41) is 0. The fourth-order valence-electron chi connectivity index (χ4n) is 3.46. The summed E-state index contributed by atoms with van der Waals surface area (Å²) in [5.74, 6) is -0.0960. The van der Waals surface area contributed by atoms with Crippen LogP contribution in [0.2, 0.25) is 0 Å². The second-order valence-corrected chi connectivity index (χ2v) is 7.29. The number of carbonyl (C=O) groups is 1. The number of nitrogens with one attached hydrogen (secondary N) is 1. The monoisotopic (exact) mass is 414 g/mol. The summed E-state index contributed by atoms with van der Waals surface area (Å²) in [7, 11) is 0. The number of alkyl halides is 3. The van der Waals surface area contributed by atoms with Gasteiger partial charge in [-0.1, -0.05) is 42.5 Å². The molecule has 1 aliphatic rings. The lowest BCUT2D eigenvalue weighted by Gasteiger charge is -2.41. The third-order valence-corrected chi connectivity index (χ3v) is 5.15. The van der Waals surface area contributed by atoms with E-state index in [9.17, 15) is 22.8 Å². The molecule has 0 radical (unpaired) electrons. The van der Waals surface area contributed by atoms with E-state index in [-0.39, 0.29) is 36.9 Å². The molecule has 8 heteroatoms. The number of hydrogen-bond acceptors (Lipinski definition) is 4. The number of rotatable bonds is 5. The van der Waals surface area contributed by atoms with Crippen molar-refractivity contribution in [2.45, 2.75) is 18.0 Å². The Morgan fingerprint density at radius 3 is 2.30 bits per heavy atom. The van der Waals surface area contributed by atoms with Crippen LogP contribution in [0.3, 0.4) is 0 Å². The number of carbonyl (C=O) groups excluding carboxylic acids is 1. The molecule has 1 N–H and O–H groups in total. The Bertz CT molecular complexity index is 1120. The summed E-state index contributed by atoms with van der Waals surface area (Å²) in [6.07, 6.45) is -4.45. The van der Waals surface area contributed by atoms with Crippen molar-refractivity contribution in [2.75, 3.05) is 13.2 Å². The molecule has 3 aromatic rings. The van der Waals surface area contributed by atoms with E-state index in [1.165, 1.54) is 12.1 Å². The van der Waals surface area contributed by atoms with Crippen molar-refractivity contribution < 1.29 is 22.7 Å². The summed E-state index contributed by atoms with van der Waals surface area (Å²) < 4.78 is 43.8. The SMILES string of the molecule is O=C(CC1(c2ccc(C(F)(F)F)cc2)COC1)c1cc(=O)[nH]c(-c2ccccc2)n1. The number of H-pyrrole nitrogens is 1. The van der Waals surface area contributed by atoms with Crippen LogP contribution < -0.4 is 5.56 Å². The molecule has 1 aromatic heterocycles. The molecule has 5 nitrogen and oxygen atoms in total. The van der Waals surface area contributed by atoms with Crippen molar-refractivity contribution in [3.05, 3.63) is 87.8 Å². The van der Waals surface area contributed by atoms with Crippen LogP contribution in [-0.2, 0) is 16.3 Å². The lowest BCUT2D eigenvalue weighted by molar-refractivity contribution is -0.137. The highest BCUT2D eigenvalue weighted by molar-refractivity contribution is 5.95. The van der Waals surface area contributed by atoms with Crippen molar-refractivity contribution in [3.63, 3.8) is 0 Å². The van der Waals surface area contributed by atoms with Crippen LogP contribution in [0.1, 0.15) is 28.0 Å². The Balaban J connectivity index is 1.61. The van der Waals surface area contributed by atoms with Crippen LogP contribution in [0.25, 0.3) is 11.4 Å².